The third-order valence-electron chi connectivity index (χ3n) is 8.72. The number of rotatable bonds is 12. The third-order valence-corrected chi connectivity index (χ3v) is 9.85. The topological polar surface area (TPSA) is 48.5 Å². The molecule has 2 aliphatic heterocycles. The van der Waals surface area contributed by atoms with Gasteiger partial charge < -0.3 is 24.2 Å². The molecule has 2 heterocycles. The number of piperazine rings is 1. The van der Waals surface area contributed by atoms with E-state index in [4.69, 9.17) is 9.47 Å². The molecule has 0 aliphatic carbocycles. The van der Waals surface area contributed by atoms with Gasteiger partial charge in [-0.2, -0.15) is 13.2 Å². The van der Waals surface area contributed by atoms with E-state index in [1.807, 2.05) is 90.6 Å². The Bertz CT molecular complexity index is 1710. The Morgan fingerprint density at radius 1 is 0.812 bits per heavy atom. The third kappa shape index (κ3) is 8.44. The molecule has 6 rings (SSSR count). The maximum atomic E-state index is 13.6. The van der Waals surface area contributed by atoms with Crippen LogP contribution in [-0.4, -0.2) is 99.8 Å². The molecular weight excluding hydrogens is 637 g/mol. The van der Waals surface area contributed by atoms with Gasteiger partial charge in [0.15, 0.2) is 0 Å². The Morgan fingerprint density at radius 2 is 1.50 bits per heavy atom. The van der Waals surface area contributed by atoms with Gasteiger partial charge in [-0.25, -0.2) is 4.79 Å². The zero-order valence-corrected chi connectivity index (χ0v) is 28.1. The zero-order chi connectivity index (χ0) is 33.7. The molecule has 0 spiro atoms. The Morgan fingerprint density at radius 3 is 2.25 bits per heavy atom. The molecule has 0 N–H and O–H groups in total. The first-order valence-corrected chi connectivity index (χ1v) is 17.1. The van der Waals surface area contributed by atoms with Gasteiger partial charge in [-0.3, -0.25) is 4.90 Å². The molecule has 7 nitrogen and oxygen atoms in total. The van der Waals surface area contributed by atoms with Crippen LogP contribution in [0.1, 0.15) is 12.0 Å². The smallest absolute Gasteiger partial charge is 0.416 e. The number of hydrogen-bond acceptors (Lipinski definition) is 8. The first-order chi connectivity index (χ1) is 23.1. The lowest BCUT2D eigenvalue weighted by atomic mass is 10.1. The summed E-state index contributed by atoms with van der Waals surface area (Å²) in [6, 6.07) is 25.8. The molecule has 1 saturated heterocycles. The predicted octanol–water partition coefficient (Wildman–Crippen LogP) is 7.02. The van der Waals surface area contributed by atoms with Crippen molar-refractivity contribution in [2.75, 3.05) is 78.0 Å². The molecule has 254 valence electrons. The molecule has 4 aromatic rings. The lowest BCUT2D eigenvalue weighted by molar-refractivity contribution is -0.153. The van der Waals surface area contributed by atoms with Gasteiger partial charge in [0.2, 0.25) is 6.10 Å². The summed E-state index contributed by atoms with van der Waals surface area (Å²) in [6.45, 7) is 6.27. The fourth-order valence-corrected chi connectivity index (χ4v) is 7.28. The minimum absolute atomic E-state index is 0.287. The number of halogens is 3. The number of para-hydroxylation sites is 1. The summed E-state index contributed by atoms with van der Waals surface area (Å²) in [7, 11) is 3.80. The monoisotopic (exact) mass is 678 g/mol. The van der Waals surface area contributed by atoms with E-state index in [-0.39, 0.29) is 12.6 Å². The summed E-state index contributed by atoms with van der Waals surface area (Å²) >= 11 is 1.51. The highest BCUT2D eigenvalue weighted by molar-refractivity contribution is 7.99. The van der Waals surface area contributed by atoms with E-state index in [9.17, 15) is 18.0 Å². The number of hydrogen-bond donors (Lipinski definition) is 0. The number of carbonyl (C=O) groups is 1. The predicted molar refractivity (Wildman–Crippen MR) is 184 cm³/mol. The van der Waals surface area contributed by atoms with E-state index in [1.165, 1.54) is 23.9 Å². The van der Waals surface area contributed by atoms with Gasteiger partial charge in [-0.15, -0.1) is 0 Å². The summed E-state index contributed by atoms with van der Waals surface area (Å²) in [5.74, 6) is 0.254. The van der Waals surface area contributed by atoms with Crippen molar-refractivity contribution >= 4 is 39.9 Å². The maximum Gasteiger partial charge on any atom is 0.416 e. The molecule has 48 heavy (non-hydrogen) atoms. The summed E-state index contributed by atoms with van der Waals surface area (Å²) in [4.78, 5) is 23.6. The minimum atomic E-state index is -4.39. The van der Waals surface area contributed by atoms with Gasteiger partial charge in [-0.05, 0) is 80.3 Å². The molecule has 1 atom stereocenters. The second-order valence-electron chi connectivity index (χ2n) is 12.5. The average molecular weight is 679 g/mol. The molecule has 0 radical (unpaired) electrons. The van der Waals surface area contributed by atoms with Crippen LogP contribution in [0.5, 0.6) is 5.75 Å². The molecule has 2 aliphatic rings. The number of benzene rings is 4. The standard InChI is InChI=1S/C37H41F3N4O3S/c1-41(2)26-33(47-30-14-12-27-8-3-4-9-28(27)24-30)36(45)46-23-22-43-20-18-42(19-21-43)16-7-17-44-31-10-5-6-11-34(31)48-35-15-13-29(25-32(35)44)37(38,39)40/h3-6,8-15,24-25,33H,7,16-23,26H2,1-2H3. The van der Waals surface area contributed by atoms with Crippen molar-refractivity contribution in [2.24, 2.45) is 0 Å². The highest BCUT2D eigenvalue weighted by atomic mass is 32.2. The SMILES string of the molecule is CN(C)CC(Oc1ccc2ccccc2c1)C(=O)OCCN1CCN(CCCN2c3ccccc3Sc3ccc(C(F)(F)F)cc32)CC1. The summed E-state index contributed by atoms with van der Waals surface area (Å²) in [5, 5.41) is 2.16. The lowest BCUT2D eigenvalue weighted by Gasteiger charge is -2.36. The number of esters is 1. The summed E-state index contributed by atoms with van der Waals surface area (Å²) in [6.07, 6.45) is -4.31. The van der Waals surface area contributed by atoms with Crippen molar-refractivity contribution in [3.8, 4) is 5.75 Å². The molecule has 4 aromatic carbocycles. The van der Waals surface area contributed by atoms with Crippen LogP contribution in [-0.2, 0) is 15.7 Å². The van der Waals surface area contributed by atoms with E-state index in [0.717, 1.165) is 65.4 Å². The molecule has 11 heteroatoms. The van der Waals surface area contributed by atoms with E-state index in [0.29, 0.717) is 31.1 Å². The molecular formula is C37H41F3N4O3S. The Hall–Kier alpha value is -3.77. The number of alkyl halides is 3. The quantitative estimate of drug-likeness (QED) is 0.148. The first kappa shape index (κ1) is 34.1. The highest BCUT2D eigenvalue weighted by Crippen LogP contribution is 2.49. The minimum Gasteiger partial charge on any atom is -0.477 e. The molecule has 0 aromatic heterocycles. The van der Waals surface area contributed by atoms with Crippen molar-refractivity contribution in [2.45, 2.75) is 28.5 Å². The van der Waals surface area contributed by atoms with Crippen molar-refractivity contribution in [1.82, 2.24) is 14.7 Å². The fourth-order valence-electron chi connectivity index (χ4n) is 6.20. The second kappa shape index (κ2) is 15.2. The Labute approximate surface area is 284 Å². The van der Waals surface area contributed by atoms with Gasteiger partial charge in [0.05, 0.1) is 16.9 Å². The van der Waals surface area contributed by atoms with Crippen LogP contribution >= 0.6 is 11.8 Å². The van der Waals surface area contributed by atoms with Gasteiger partial charge in [0, 0.05) is 55.6 Å². The zero-order valence-electron chi connectivity index (χ0n) is 27.3. The van der Waals surface area contributed by atoms with Crippen molar-refractivity contribution < 1.29 is 27.4 Å². The molecule has 1 unspecified atom stereocenters. The number of ether oxygens (including phenoxy) is 2. The van der Waals surface area contributed by atoms with Gasteiger partial charge in [-0.1, -0.05) is 54.2 Å². The second-order valence-corrected chi connectivity index (χ2v) is 13.6. The largest absolute Gasteiger partial charge is 0.477 e. The van der Waals surface area contributed by atoms with E-state index < -0.39 is 17.8 Å². The van der Waals surface area contributed by atoms with E-state index >= 15 is 0 Å². The Kier molecular flexibility index (Phi) is 10.8. The van der Waals surface area contributed by atoms with Crippen LogP contribution in [0.25, 0.3) is 10.8 Å². The normalized spacial score (nSPS) is 16.1. The molecule has 1 fully saturated rings. The van der Waals surface area contributed by atoms with Gasteiger partial charge >= 0.3 is 12.1 Å². The highest BCUT2D eigenvalue weighted by Gasteiger charge is 2.33. The molecule has 0 saturated carbocycles. The lowest BCUT2D eigenvalue weighted by Crippen LogP contribution is -2.48. The van der Waals surface area contributed by atoms with Crippen LogP contribution in [0.15, 0.2) is 94.7 Å². The maximum absolute atomic E-state index is 13.6. The summed E-state index contributed by atoms with van der Waals surface area (Å²) < 4.78 is 52.5. The molecule has 0 amide bonds. The van der Waals surface area contributed by atoms with Crippen LogP contribution in [0.4, 0.5) is 24.5 Å². The van der Waals surface area contributed by atoms with E-state index in [2.05, 4.69) is 9.80 Å². The van der Waals surface area contributed by atoms with Crippen LogP contribution in [0.3, 0.4) is 0 Å². The number of fused-ring (bicyclic) bond motifs is 3. The number of likely N-dealkylation sites (N-methyl/N-ethyl adjacent to an activating group) is 1. The molecule has 0 bridgehead atoms. The van der Waals surface area contributed by atoms with Crippen LogP contribution in [0.2, 0.25) is 0 Å². The fraction of sp³-hybridized carbons (Fsp3) is 0.378. The van der Waals surface area contributed by atoms with Gasteiger partial charge in [0.1, 0.15) is 12.4 Å². The first-order valence-electron chi connectivity index (χ1n) is 16.3. The summed E-state index contributed by atoms with van der Waals surface area (Å²) in [5.41, 5.74) is 0.936. The average Bonchev–Trinajstić information content (AvgIpc) is 3.07. The van der Waals surface area contributed by atoms with Crippen molar-refractivity contribution in [1.29, 1.82) is 0 Å². The van der Waals surface area contributed by atoms with Crippen LogP contribution in [0, 0.1) is 0 Å². The van der Waals surface area contributed by atoms with E-state index in [1.54, 1.807) is 6.07 Å². The van der Waals surface area contributed by atoms with Crippen molar-refractivity contribution in [3.05, 3.63) is 90.5 Å². The number of anilines is 2. The van der Waals surface area contributed by atoms with Crippen molar-refractivity contribution in [3.63, 3.8) is 0 Å². The van der Waals surface area contributed by atoms with Crippen LogP contribution < -0.4 is 9.64 Å². The Balaban J connectivity index is 0.963. The number of nitrogens with zero attached hydrogens (tertiary/aromatic N) is 4. The van der Waals surface area contributed by atoms with Gasteiger partial charge in [0.25, 0.3) is 0 Å². The number of carbonyl (C=O) groups excluding carboxylic acids is 1.